The van der Waals surface area contributed by atoms with Gasteiger partial charge in [-0.25, -0.2) is 14.4 Å². The van der Waals surface area contributed by atoms with Crippen molar-refractivity contribution in [1.82, 2.24) is 14.5 Å². The standard InChI is InChI=1S/C27H35FN4OSi/c1-34(2,3)17-16-33-19-32-24-11-7-6-10-23(24)30-27(32)25-22(20-8-4-5-9-20)12-14-29-26(25)31-15-13-21(28)18-31/h6-8,10-12,14,21H,4-5,9,13,15-19H2,1-3H3. The molecule has 1 aliphatic carbocycles. The number of hydrogen-bond acceptors (Lipinski definition) is 4. The average Bonchev–Trinajstić information content (AvgIpc) is 3.56. The maximum Gasteiger partial charge on any atom is 0.147 e. The first-order chi connectivity index (χ1) is 16.4. The van der Waals surface area contributed by atoms with E-state index in [0.29, 0.717) is 26.2 Å². The molecule has 2 aliphatic rings. The minimum atomic E-state index is -1.18. The third kappa shape index (κ3) is 4.82. The summed E-state index contributed by atoms with van der Waals surface area (Å²) in [5, 5.41) is 0. The van der Waals surface area contributed by atoms with Gasteiger partial charge in [0, 0.05) is 27.4 Å². The van der Waals surface area contributed by atoms with Gasteiger partial charge in [-0.05, 0) is 61.1 Å². The number of rotatable bonds is 8. The number of benzene rings is 1. The summed E-state index contributed by atoms with van der Waals surface area (Å²) < 4.78 is 22.6. The lowest BCUT2D eigenvalue weighted by Crippen LogP contribution is -2.23. The number of alkyl halides is 1. The van der Waals surface area contributed by atoms with Crippen molar-refractivity contribution in [3.05, 3.63) is 48.2 Å². The number of imidazole rings is 1. The van der Waals surface area contributed by atoms with Crippen LogP contribution in [0.25, 0.3) is 28.0 Å². The van der Waals surface area contributed by atoms with Crippen molar-refractivity contribution in [2.24, 2.45) is 0 Å². The first-order valence-corrected chi connectivity index (χ1v) is 16.2. The van der Waals surface area contributed by atoms with Gasteiger partial charge in [-0.15, -0.1) is 0 Å². The number of para-hydroxylation sites is 2. The van der Waals surface area contributed by atoms with Gasteiger partial charge >= 0.3 is 0 Å². The molecule has 5 rings (SSSR count). The third-order valence-electron chi connectivity index (χ3n) is 6.84. The van der Waals surface area contributed by atoms with Crippen LogP contribution >= 0.6 is 0 Å². The van der Waals surface area contributed by atoms with Crippen molar-refractivity contribution < 1.29 is 9.13 Å². The Kier molecular flexibility index (Phi) is 6.58. The average molecular weight is 479 g/mol. The second-order valence-corrected chi connectivity index (χ2v) is 16.3. The molecule has 5 nitrogen and oxygen atoms in total. The summed E-state index contributed by atoms with van der Waals surface area (Å²) in [6.07, 6.45) is 7.25. The molecule has 34 heavy (non-hydrogen) atoms. The maximum absolute atomic E-state index is 14.2. The molecule has 1 aliphatic heterocycles. The Labute approximate surface area is 202 Å². The van der Waals surface area contributed by atoms with E-state index in [1.807, 2.05) is 18.3 Å². The minimum absolute atomic E-state index is 0.384. The van der Waals surface area contributed by atoms with Gasteiger partial charge in [0.1, 0.15) is 24.5 Å². The maximum atomic E-state index is 14.2. The molecule has 0 amide bonds. The second kappa shape index (κ2) is 9.62. The fourth-order valence-corrected chi connectivity index (χ4v) is 5.69. The molecule has 1 fully saturated rings. The van der Waals surface area contributed by atoms with Crippen LogP contribution < -0.4 is 4.90 Å². The van der Waals surface area contributed by atoms with E-state index >= 15 is 0 Å². The van der Waals surface area contributed by atoms with Crippen molar-refractivity contribution in [1.29, 1.82) is 0 Å². The zero-order chi connectivity index (χ0) is 23.7. The zero-order valence-electron chi connectivity index (χ0n) is 20.6. The number of halogens is 1. The van der Waals surface area contributed by atoms with Gasteiger partial charge < -0.3 is 9.64 Å². The van der Waals surface area contributed by atoms with Gasteiger partial charge in [0.2, 0.25) is 0 Å². The first-order valence-electron chi connectivity index (χ1n) is 12.5. The van der Waals surface area contributed by atoms with Crippen LogP contribution in [0, 0.1) is 0 Å². The Hall–Kier alpha value is -2.51. The SMILES string of the molecule is C[Si](C)(C)CCOCn1c(-c2c(C3=CCCC3)ccnc2N2CCC(F)C2)nc2ccccc21. The molecule has 0 N–H and O–H groups in total. The molecule has 7 heteroatoms. The third-order valence-corrected chi connectivity index (χ3v) is 8.55. The highest BCUT2D eigenvalue weighted by atomic mass is 28.3. The molecule has 180 valence electrons. The highest BCUT2D eigenvalue weighted by Gasteiger charge is 2.29. The summed E-state index contributed by atoms with van der Waals surface area (Å²) in [5.74, 6) is 1.70. The number of pyridine rings is 1. The summed E-state index contributed by atoms with van der Waals surface area (Å²) in [6, 6.07) is 11.5. The summed E-state index contributed by atoms with van der Waals surface area (Å²) in [6.45, 7) is 9.35. The van der Waals surface area contributed by atoms with Crippen LogP contribution in [0.1, 0.15) is 31.2 Å². The molecule has 1 aromatic carbocycles. The van der Waals surface area contributed by atoms with Crippen molar-refractivity contribution >= 4 is 30.5 Å². The van der Waals surface area contributed by atoms with Crippen molar-refractivity contribution in [3.63, 3.8) is 0 Å². The van der Waals surface area contributed by atoms with Crippen LogP contribution in [0.2, 0.25) is 25.7 Å². The van der Waals surface area contributed by atoms with E-state index in [-0.39, 0.29) is 0 Å². The smallest absolute Gasteiger partial charge is 0.147 e. The molecule has 1 atom stereocenters. The lowest BCUT2D eigenvalue weighted by atomic mass is 9.99. The minimum Gasteiger partial charge on any atom is -0.361 e. The van der Waals surface area contributed by atoms with Crippen molar-refractivity contribution in [2.75, 3.05) is 24.6 Å². The van der Waals surface area contributed by atoms with E-state index in [2.05, 4.69) is 53.4 Å². The fraction of sp³-hybridized carbons (Fsp3) is 0.481. The molecule has 2 aromatic heterocycles. The fourth-order valence-electron chi connectivity index (χ4n) is 4.94. The first kappa shape index (κ1) is 23.2. The Morgan fingerprint density at radius 2 is 2.03 bits per heavy atom. The van der Waals surface area contributed by atoms with Crippen LogP contribution in [0.3, 0.4) is 0 Å². The van der Waals surface area contributed by atoms with Gasteiger partial charge in [-0.1, -0.05) is 37.8 Å². The molecule has 0 saturated carbocycles. The summed E-state index contributed by atoms with van der Waals surface area (Å²) >= 11 is 0. The molecule has 1 unspecified atom stereocenters. The predicted molar refractivity (Wildman–Crippen MR) is 141 cm³/mol. The monoisotopic (exact) mass is 478 g/mol. The number of fused-ring (bicyclic) bond motifs is 1. The number of hydrogen-bond donors (Lipinski definition) is 0. The van der Waals surface area contributed by atoms with E-state index < -0.39 is 14.2 Å². The summed E-state index contributed by atoms with van der Waals surface area (Å²) in [5.41, 5.74) is 5.51. The number of allylic oxidation sites excluding steroid dienone is 2. The van der Waals surface area contributed by atoms with Gasteiger partial charge in [0.05, 0.1) is 23.1 Å². The van der Waals surface area contributed by atoms with Gasteiger partial charge in [-0.2, -0.15) is 0 Å². The van der Waals surface area contributed by atoms with Crippen LogP contribution in [0.15, 0.2) is 42.6 Å². The van der Waals surface area contributed by atoms with Crippen LogP contribution in [-0.4, -0.2) is 48.5 Å². The Morgan fingerprint density at radius 3 is 2.76 bits per heavy atom. The van der Waals surface area contributed by atoms with E-state index in [9.17, 15) is 4.39 Å². The Balaban J connectivity index is 1.62. The molecular weight excluding hydrogens is 443 g/mol. The van der Waals surface area contributed by atoms with E-state index in [0.717, 1.165) is 53.7 Å². The molecular formula is C27H35FN4OSi. The van der Waals surface area contributed by atoms with E-state index in [1.54, 1.807) is 0 Å². The molecule has 0 bridgehead atoms. The van der Waals surface area contributed by atoms with Gasteiger partial charge in [-0.3, -0.25) is 4.57 Å². The zero-order valence-corrected chi connectivity index (χ0v) is 21.6. The molecule has 3 aromatic rings. The number of ether oxygens (including phenoxy) is 1. The number of aromatic nitrogens is 3. The molecule has 3 heterocycles. The van der Waals surface area contributed by atoms with Gasteiger partial charge in [0.15, 0.2) is 0 Å². The summed E-state index contributed by atoms with van der Waals surface area (Å²) in [4.78, 5) is 12.0. The Morgan fingerprint density at radius 1 is 1.18 bits per heavy atom. The largest absolute Gasteiger partial charge is 0.361 e. The topological polar surface area (TPSA) is 43.2 Å². The molecule has 0 radical (unpaired) electrons. The number of nitrogens with zero attached hydrogens (tertiary/aromatic N) is 4. The lowest BCUT2D eigenvalue weighted by molar-refractivity contribution is 0.0909. The van der Waals surface area contributed by atoms with E-state index in [1.165, 1.54) is 17.6 Å². The normalized spacial score (nSPS) is 18.8. The van der Waals surface area contributed by atoms with E-state index in [4.69, 9.17) is 14.7 Å². The molecule has 0 spiro atoms. The Bertz CT molecular complexity index is 1200. The summed E-state index contributed by atoms with van der Waals surface area (Å²) in [7, 11) is -1.18. The van der Waals surface area contributed by atoms with Gasteiger partial charge in [0.25, 0.3) is 0 Å². The highest BCUT2D eigenvalue weighted by Crippen LogP contribution is 2.41. The molecule has 1 saturated heterocycles. The van der Waals surface area contributed by atoms with Crippen LogP contribution in [0.4, 0.5) is 10.2 Å². The predicted octanol–water partition coefficient (Wildman–Crippen LogP) is 6.53. The van der Waals surface area contributed by atoms with Crippen molar-refractivity contribution in [2.45, 2.75) is 64.3 Å². The van der Waals surface area contributed by atoms with Crippen LogP contribution in [-0.2, 0) is 11.5 Å². The number of anilines is 1. The van der Waals surface area contributed by atoms with Crippen LogP contribution in [0.5, 0.6) is 0 Å². The highest BCUT2D eigenvalue weighted by molar-refractivity contribution is 6.76. The quantitative estimate of drug-likeness (QED) is 0.273. The lowest BCUT2D eigenvalue weighted by Gasteiger charge is -2.23. The van der Waals surface area contributed by atoms with Crippen molar-refractivity contribution in [3.8, 4) is 11.4 Å². The second-order valence-electron chi connectivity index (χ2n) is 10.7.